The van der Waals surface area contributed by atoms with E-state index >= 15 is 0 Å². The van der Waals surface area contributed by atoms with E-state index in [2.05, 4.69) is 21.4 Å². The van der Waals surface area contributed by atoms with Gasteiger partial charge < -0.3 is 9.88 Å². The third-order valence-electron chi connectivity index (χ3n) is 4.30. The summed E-state index contributed by atoms with van der Waals surface area (Å²) < 4.78 is 38.6. The summed E-state index contributed by atoms with van der Waals surface area (Å²) in [6.07, 6.45) is -0.657. The van der Waals surface area contributed by atoms with E-state index in [-0.39, 0.29) is 0 Å². The summed E-state index contributed by atoms with van der Waals surface area (Å²) in [5.74, 6) is 0.421. The molecule has 136 valence electrons. The summed E-state index contributed by atoms with van der Waals surface area (Å²) in [6, 6.07) is -0.563. The van der Waals surface area contributed by atoms with Crippen molar-refractivity contribution in [2.75, 3.05) is 32.7 Å². The number of carbonyl (C=O) groups is 1. The molecule has 1 aliphatic heterocycles. The molecule has 0 saturated carbocycles. The van der Waals surface area contributed by atoms with Crippen molar-refractivity contribution in [3.63, 3.8) is 0 Å². The number of piperazine rings is 1. The largest absolute Gasteiger partial charge is 0.405 e. The second-order valence-electron chi connectivity index (χ2n) is 5.95. The highest BCUT2D eigenvalue weighted by atomic mass is 19.4. The number of amides is 1. The number of nitrogens with one attached hydrogen (secondary N) is 1. The summed E-state index contributed by atoms with van der Waals surface area (Å²) in [6.45, 7) is 6.84. The molecule has 0 aromatic carbocycles. The van der Waals surface area contributed by atoms with Crippen LogP contribution >= 0.6 is 0 Å². The molecule has 2 rings (SSSR count). The number of hydrogen-bond acceptors (Lipinski definition) is 4. The normalized spacial score (nSPS) is 18.5. The molecule has 1 aromatic rings. The first kappa shape index (κ1) is 18.7. The Morgan fingerprint density at radius 1 is 1.33 bits per heavy atom. The molecule has 1 aliphatic rings. The number of nitrogens with zero attached hydrogens (tertiary/aromatic N) is 4. The number of rotatable bonds is 6. The standard InChI is InChI=1S/C15H24F3N5O/c1-3-22-5-4-19-13(22)10-21-6-8-23(9-7-21)12(2)14(24)20-11-15(16,17)18/h4-5,12H,3,6-11H2,1-2H3,(H,20,24). The molecular formula is C15H24F3N5O. The summed E-state index contributed by atoms with van der Waals surface area (Å²) in [5, 5.41) is 1.95. The minimum atomic E-state index is -4.38. The smallest absolute Gasteiger partial charge is 0.346 e. The Hall–Kier alpha value is -1.61. The second-order valence-corrected chi connectivity index (χ2v) is 5.95. The monoisotopic (exact) mass is 347 g/mol. The summed E-state index contributed by atoms with van der Waals surface area (Å²) in [4.78, 5) is 20.3. The van der Waals surface area contributed by atoms with Gasteiger partial charge in [-0.05, 0) is 13.8 Å². The van der Waals surface area contributed by atoms with Crippen LogP contribution in [0.25, 0.3) is 0 Å². The lowest BCUT2D eigenvalue weighted by Crippen LogP contribution is -2.54. The van der Waals surface area contributed by atoms with Crippen molar-refractivity contribution in [3.05, 3.63) is 18.2 Å². The molecule has 24 heavy (non-hydrogen) atoms. The van der Waals surface area contributed by atoms with Crippen LogP contribution in [0.15, 0.2) is 12.4 Å². The molecular weight excluding hydrogens is 323 g/mol. The van der Waals surface area contributed by atoms with Gasteiger partial charge in [0.25, 0.3) is 0 Å². The molecule has 1 aromatic heterocycles. The van der Waals surface area contributed by atoms with Crippen LogP contribution in [0.4, 0.5) is 13.2 Å². The van der Waals surface area contributed by atoms with E-state index in [1.54, 1.807) is 13.1 Å². The van der Waals surface area contributed by atoms with Crippen LogP contribution in [0.1, 0.15) is 19.7 Å². The van der Waals surface area contributed by atoms with E-state index in [1.165, 1.54) is 0 Å². The average molecular weight is 347 g/mol. The topological polar surface area (TPSA) is 53.4 Å². The summed E-state index contributed by atoms with van der Waals surface area (Å²) >= 11 is 0. The van der Waals surface area contributed by atoms with E-state index in [1.807, 2.05) is 16.4 Å². The molecule has 0 bridgehead atoms. The number of carbonyl (C=O) groups excluding carboxylic acids is 1. The molecule has 0 radical (unpaired) electrons. The van der Waals surface area contributed by atoms with E-state index in [0.29, 0.717) is 13.1 Å². The fraction of sp³-hybridized carbons (Fsp3) is 0.733. The van der Waals surface area contributed by atoms with Crippen molar-refractivity contribution in [3.8, 4) is 0 Å². The van der Waals surface area contributed by atoms with Gasteiger partial charge in [-0.2, -0.15) is 13.2 Å². The van der Waals surface area contributed by atoms with Crippen LogP contribution in [0.2, 0.25) is 0 Å². The lowest BCUT2D eigenvalue weighted by atomic mass is 10.2. The van der Waals surface area contributed by atoms with E-state index in [0.717, 1.165) is 32.0 Å². The maximum atomic E-state index is 12.2. The number of halogens is 3. The maximum Gasteiger partial charge on any atom is 0.405 e. The highest BCUT2D eigenvalue weighted by molar-refractivity contribution is 5.81. The molecule has 6 nitrogen and oxygen atoms in total. The lowest BCUT2D eigenvalue weighted by Gasteiger charge is -2.37. The van der Waals surface area contributed by atoms with Gasteiger partial charge in [0, 0.05) is 45.1 Å². The predicted molar refractivity (Wildman–Crippen MR) is 83.3 cm³/mol. The van der Waals surface area contributed by atoms with Gasteiger partial charge in [0.05, 0.1) is 12.6 Å². The zero-order valence-corrected chi connectivity index (χ0v) is 14.0. The van der Waals surface area contributed by atoms with Crippen LogP contribution in [0.5, 0.6) is 0 Å². The molecule has 1 N–H and O–H groups in total. The zero-order chi connectivity index (χ0) is 17.7. The van der Waals surface area contributed by atoms with Crippen LogP contribution in [0, 0.1) is 0 Å². The molecule has 2 heterocycles. The molecule has 1 fully saturated rings. The highest BCUT2D eigenvalue weighted by Gasteiger charge is 2.31. The van der Waals surface area contributed by atoms with Crippen molar-refractivity contribution in [1.82, 2.24) is 24.7 Å². The molecule has 0 spiro atoms. The number of aryl methyl sites for hydroxylation is 1. The predicted octanol–water partition coefficient (Wildman–Crippen LogP) is 1.09. The third kappa shape index (κ3) is 5.20. The fourth-order valence-electron chi connectivity index (χ4n) is 2.79. The van der Waals surface area contributed by atoms with Gasteiger partial charge in [-0.3, -0.25) is 14.6 Å². The van der Waals surface area contributed by atoms with Gasteiger partial charge in [-0.15, -0.1) is 0 Å². The van der Waals surface area contributed by atoms with Crippen LogP contribution in [0.3, 0.4) is 0 Å². The maximum absolute atomic E-state index is 12.2. The number of imidazole rings is 1. The second kappa shape index (κ2) is 7.98. The quantitative estimate of drug-likeness (QED) is 0.837. The van der Waals surface area contributed by atoms with Crippen LogP contribution in [-0.2, 0) is 17.9 Å². The highest BCUT2D eigenvalue weighted by Crippen LogP contribution is 2.13. The van der Waals surface area contributed by atoms with Gasteiger partial charge in [0.2, 0.25) is 5.91 Å². The Kier molecular flexibility index (Phi) is 6.22. The minimum Gasteiger partial charge on any atom is -0.346 e. The fourth-order valence-corrected chi connectivity index (χ4v) is 2.79. The first-order chi connectivity index (χ1) is 11.3. The Morgan fingerprint density at radius 3 is 2.58 bits per heavy atom. The van der Waals surface area contributed by atoms with Crippen molar-refractivity contribution < 1.29 is 18.0 Å². The van der Waals surface area contributed by atoms with Gasteiger partial charge >= 0.3 is 6.18 Å². The lowest BCUT2D eigenvalue weighted by molar-refractivity contribution is -0.141. The summed E-state index contributed by atoms with van der Waals surface area (Å²) in [5.41, 5.74) is 0. The van der Waals surface area contributed by atoms with Gasteiger partial charge in [0.15, 0.2) is 0 Å². The van der Waals surface area contributed by atoms with Gasteiger partial charge in [-0.1, -0.05) is 0 Å². The Bertz CT molecular complexity index is 537. The Balaban J connectivity index is 1.78. The van der Waals surface area contributed by atoms with Crippen LogP contribution < -0.4 is 5.32 Å². The van der Waals surface area contributed by atoms with Gasteiger partial charge in [-0.25, -0.2) is 4.98 Å². The SMILES string of the molecule is CCn1ccnc1CN1CCN(C(C)C(=O)NCC(F)(F)F)CC1. The number of aromatic nitrogens is 2. The van der Waals surface area contributed by atoms with E-state index < -0.39 is 24.7 Å². The number of hydrogen-bond donors (Lipinski definition) is 1. The van der Waals surface area contributed by atoms with Crippen LogP contribution in [-0.4, -0.2) is 70.2 Å². The van der Waals surface area contributed by atoms with Crippen molar-refractivity contribution in [2.45, 2.75) is 39.2 Å². The molecule has 1 atom stereocenters. The first-order valence-electron chi connectivity index (χ1n) is 8.11. The molecule has 1 amide bonds. The van der Waals surface area contributed by atoms with Gasteiger partial charge in [0.1, 0.15) is 12.4 Å². The van der Waals surface area contributed by atoms with E-state index in [4.69, 9.17) is 0 Å². The van der Waals surface area contributed by atoms with Crippen molar-refractivity contribution in [1.29, 1.82) is 0 Å². The van der Waals surface area contributed by atoms with Crippen molar-refractivity contribution in [2.24, 2.45) is 0 Å². The molecule has 0 aliphatic carbocycles. The molecule has 1 unspecified atom stereocenters. The van der Waals surface area contributed by atoms with E-state index in [9.17, 15) is 18.0 Å². The van der Waals surface area contributed by atoms with Crippen molar-refractivity contribution >= 4 is 5.91 Å². The minimum absolute atomic E-state index is 0.563. The molecule has 1 saturated heterocycles. The number of alkyl halides is 3. The Labute approximate surface area is 139 Å². The molecule has 9 heteroatoms. The summed E-state index contributed by atoms with van der Waals surface area (Å²) in [7, 11) is 0. The third-order valence-corrected chi connectivity index (χ3v) is 4.30. The first-order valence-corrected chi connectivity index (χ1v) is 8.11. The zero-order valence-electron chi connectivity index (χ0n) is 14.0. The average Bonchev–Trinajstić information content (AvgIpc) is 2.99. The Morgan fingerprint density at radius 2 is 2.00 bits per heavy atom.